The zero-order chi connectivity index (χ0) is 43.5. The Bertz CT molecular complexity index is 4160. The molecule has 10 heteroatoms. The van der Waals surface area contributed by atoms with Crippen molar-refractivity contribution in [1.29, 1.82) is 5.26 Å². The van der Waals surface area contributed by atoms with Crippen molar-refractivity contribution in [2.45, 2.75) is 0 Å². The molecule has 0 amide bonds. The molecule has 9 aromatic heterocycles. The van der Waals surface area contributed by atoms with E-state index >= 15 is 0 Å². The van der Waals surface area contributed by atoms with Gasteiger partial charge in [0.05, 0.1) is 97.2 Å². The van der Waals surface area contributed by atoms with Crippen LogP contribution in [0.1, 0.15) is 5.56 Å². The van der Waals surface area contributed by atoms with Crippen molar-refractivity contribution >= 4 is 87.2 Å². The van der Waals surface area contributed by atoms with E-state index in [0.29, 0.717) is 11.3 Å². The van der Waals surface area contributed by atoms with E-state index in [1.807, 2.05) is 61.7 Å². The number of pyridine rings is 5. The first-order chi connectivity index (χ1) is 32.8. The summed E-state index contributed by atoms with van der Waals surface area (Å²) in [4.78, 5) is 23.7. The number of rotatable bonds is 5. The third-order valence-electron chi connectivity index (χ3n) is 13.3. The van der Waals surface area contributed by atoms with E-state index in [9.17, 15) is 5.26 Å². The molecule has 5 aromatic carbocycles. The summed E-state index contributed by atoms with van der Waals surface area (Å²) >= 11 is 0. The SMILES string of the molecule is N#Cc1c(-c2ccncc2)c(-n2c3ccccc3c3ccncc32)c(-n2c3ccccc3c3ccncc32)c(-n2c3ccccc3c3ccncc32)c1-n1c2ccccc2c2ccncc21. The molecule has 0 N–H and O–H groups in total. The Morgan fingerprint density at radius 2 is 0.606 bits per heavy atom. The maximum Gasteiger partial charge on any atom is 0.102 e. The van der Waals surface area contributed by atoms with Crippen molar-refractivity contribution in [1.82, 2.24) is 43.2 Å². The lowest BCUT2D eigenvalue weighted by atomic mass is 9.93. The van der Waals surface area contributed by atoms with Gasteiger partial charge < -0.3 is 18.3 Å². The van der Waals surface area contributed by atoms with Gasteiger partial charge in [0.1, 0.15) is 6.07 Å². The molecule has 0 aliphatic rings. The largest absolute Gasteiger partial charge is 0.305 e. The Labute approximate surface area is 375 Å². The molecule has 10 nitrogen and oxygen atoms in total. The van der Waals surface area contributed by atoms with Gasteiger partial charge in [-0.2, -0.15) is 5.26 Å². The summed E-state index contributed by atoms with van der Waals surface area (Å²) in [5, 5.41) is 20.7. The van der Waals surface area contributed by atoms with Crippen molar-refractivity contribution in [3.8, 4) is 39.9 Å². The van der Waals surface area contributed by atoms with Gasteiger partial charge in [0.15, 0.2) is 0 Å². The van der Waals surface area contributed by atoms with Gasteiger partial charge >= 0.3 is 0 Å². The molecule has 0 bridgehead atoms. The molecule has 14 rings (SSSR count). The average Bonchev–Trinajstić information content (AvgIpc) is 4.11. The summed E-state index contributed by atoms with van der Waals surface area (Å²) in [5.41, 5.74) is 12.4. The molecule has 0 fully saturated rings. The topological polar surface area (TPSA) is 108 Å². The molecule has 306 valence electrons. The van der Waals surface area contributed by atoms with Gasteiger partial charge in [-0.25, -0.2) is 0 Å². The normalized spacial score (nSPS) is 11.9. The number of nitriles is 1. The minimum atomic E-state index is 0.463. The van der Waals surface area contributed by atoms with Crippen LogP contribution in [0, 0.1) is 11.3 Å². The highest BCUT2D eigenvalue weighted by Gasteiger charge is 2.35. The Balaban J connectivity index is 1.38. The van der Waals surface area contributed by atoms with Crippen LogP contribution in [0.15, 0.2) is 195 Å². The number of nitrogens with zero attached hydrogens (tertiary/aromatic N) is 10. The summed E-state index contributed by atoms with van der Waals surface area (Å²) < 4.78 is 9.24. The van der Waals surface area contributed by atoms with Crippen LogP contribution in [0.2, 0.25) is 0 Å². The van der Waals surface area contributed by atoms with Crippen LogP contribution in [-0.2, 0) is 0 Å². The van der Waals surface area contributed by atoms with Gasteiger partial charge in [0.2, 0.25) is 0 Å². The van der Waals surface area contributed by atoms with Crippen LogP contribution in [0.25, 0.3) is 121 Å². The molecule has 0 atom stereocenters. The molecular formula is C56H32N10. The smallest absolute Gasteiger partial charge is 0.102 e. The van der Waals surface area contributed by atoms with Gasteiger partial charge in [-0.15, -0.1) is 0 Å². The first-order valence-electron chi connectivity index (χ1n) is 21.7. The van der Waals surface area contributed by atoms with Gasteiger partial charge in [-0.3, -0.25) is 24.9 Å². The second-order valence-electron chi connectivity index (χ2n) is 16.5. The van der Waals surface area contributed by atoms with Crippen LogP contribution < -0.4 is 0 Å². The number of hydrogen-bond acceptors (Lipinski definition) is 6. The molecule has 0 saturated heterocycles. The van der Waals surface area contributed by atoms with Crippen molar-refractivity contribution in [2.75, 3.05) is 0 Å². The molecule has 14 aromatic rings. The predicted molar refractivity (Wildman–Crippen MR) is 263 cm³/mol. The number of benzene rings is 5. The molecular weight excluding hydrogens is 813 g/mol. The van der Waals surface area contributed by atoms with Gasteiger partial charge in [0, 0.05) is 85.8 Å². The first-order valence-corrected chi connectivity index (χ1v) is 21.7. The van der Waals surface area contributed by atoms with Crippen molar-refractivity contribution in [3.63, 3.8) is 0 Å². The van der Waals surface area contributed by atoms with Gasteiger partial charge in [-0.1, -0.05) is 72.8 Å². The number of aromatic nitrogens is 9. The zero-order valence-corrected chi connectivity index (χ0v) is 34.9. The monoisotopic (exact) mass is 844 g/mol. The summed E-state index contributed by atoms with van der Waals surface area (Å²) in [6, 6.07) is 49.1. The molecule has 9 heterocycles. The van der Waals surface area contributed by atoms with E-state index < -0.39 is 0 Å². The van der Waals surface area contributed by atoms with Gasteiger partial charge in [-0.05, 0) is 66.2 Å². The van der Waals surface area contributed by atoms with Crippen molar-refractivity contribution in [2.24, 2.45) is 0 Å². The molecule has 0 saturated carbocycles. The highest BCUT2D eigenvalue weighted by Crippen LogP contribution is 2.51. The summed E-state index contributed by atoms with van der Waals surface area (Å²) in [6.07, 6.45) is 18.7. The van der Waals surface area contributed by atoms with Crippen LogP contribution in [-0.4, -0.2) is 43.2 Å². The van der Waals surface area contributed by atoms with E-state index in [1.165, 1.54) is 0 Å². The number of fused-ring (bicyclic) bond motifs is 12. The molecule has 66 heavy (non-hydrogen) atoms. The second-order valence-corrected chi connectivity index (χ2v) is 16.5. The molecule has 0 aliphatic carbocycles. The van der Waals surface area contributed by atoms with E-state index in [2.05, 4.69) is 151 Å². The lowest BCUT2D eigenvalue weighted by molar-refractivity contribution is 1.01. The minimum absolute atomic E-state index is 0.463. The van der Waals surface area contributed by atoms with Crippen molar-refractivity contribution in [3.05, 3.63) is 201 Å². The molecule has 0 unspecified atom stereocenters. The minimum Gasteiger partial charge on any atom is -0.305 e. The predicted octanol–water partition coefficient (Wildman–Crippen LogP) is 12.6. The fourth-order valence-corrected chi connectivity index (χ4v) is 10.7. The Morgan fingerprint density at radius 3 is 0.985 bits per heavy atom. The quantitative estimate of drug-likeness (QED) is 0.171. The Hall–Kier alpha value is -9.46. The number of hydrogen-bond donors (Lipinski definition) is 0. The average molecular weight is 845 g/mol. The van der Waals surface area contributed by atoms with Crippen LogP contribution in [0.5, 0.6) is 0 Å². The maximum atomic E-state index is 12.3. The second kappa shape index (κ2) is 13.8. The van der Waals surface area contributed by atoms with E-state index in [0.717, 1.165) is 115 Å². The zero-order valence-electron chi connectivity index (χ0n) is 34.9. The summed E-state index contributed by atoms with van der Waals surface area (Å²) in [5.74, 6) is 0. The standard InChI is InChI=1S/C56H32N10/c57-29-43-52(34-17-23-58-24-18-34)54(64-45-14-6-2-10-36(45)40-20-26-60-31-49(40)64)56(66-47-16-8-4-12-38(47)42-22-28-62-33-51(42)66)55(65-46-15-7-3-11-37(46)41-21-27-61-32-50(41)65)53(43)63-44-13-5-1-9-35(44)39-19-25-59-30-48(39)63/h1-28,30-33H. The lowest BCUT2D eigenvalue weighted by Crippen LogP contribution is -2.17. The first kappa shape index (κ1) is 36.1. The highest BCUT2D eigenvalue weighted by molar-refractivity contribution is 6.16. The maximum absolute atomic E-state index is 12.3. The fraction of sp³-hybridized carbons (Fsp3) is 0. The fourth-order valence-electron chi connectivity index (χ4n) is 10.7. The van der Waals surface area contributed by atoms with E-state index in [-0.39, 0.29) is 0 Å². The molecule has 0 spiro atoms. The van der Waals surface area contributed by atoms with Crippen LogP contribution >= 0.6 is 0 Å². The third-order valence-corrected chi connectivity index (χ3v) is 13.3. The van der Waals surface area contributed by atoms with Gasteiger partial charge in [0.25, 0.3) is 0 Å². The molecule has 0 radical (unpaired) electrons. The highest BCUT2D eigenvalue weighted by atomic mass is 15.1. The van der Waals surface area contributed by atoms with Crippen LogP contribution in [0.3, 0.4) is 0 Å². The van der Waals surface area contributed by atoms with E-state index in [1.54, 1.807) is 12.4 Å². The Morgan fingerprint density at radius 1 is 0.303 bits per heavy atom. The lowest BCUT2D eigenvalue weighted by Gasteiger charge is -2.29. The summed E-state index contributed by atoms with van der Waals surface area (Å²) in [6.45, 7) is 0. The Kier molecular flexibility index (Phi) is 7.52. The molecule has 0 aliphatic heterocycles. The third kappa shape index (κ3) is 4.80. The van der Waals surface area contributed by atoms with Crippen molar-refractivity contribution < 1.29 is 0 Å². The van der Waals surface area contributed by atoms with Crippen LogP contribution in [0.4, 0.5) is 0 Å². The van der Waals surface area contributed by atoms with E-state index in [4.69, 9.17) is 19.9 Å². The number of para-hydroxylation sites is 4. The summed E-state index contributed by atoms with van der Waals surface area (Å²) in [7, 11) is 0.